The van der Waals surface area contributed by atoms with E-state index in [2.05, 4.69) is 31.0 Å². The molecule has 2 aromatic carbocycles. The molecule has 1 aliphatic heterocycles. The van der Waals surface area contributed by atoms with E-state index in [1.807, 2.05) is 24.3 Å². The Balaban J connectivity index is 1.95. The van der Waals surface area contributed by atoms with Crippen LogP contribution in [0.4, 0.5) is 15.8 Å². The highest BCUT2D eigenvalue weighted by atomic mass is 79.9. The van der Waals surface area contributed by atoms with Crippen molar-refractivity contribution in [3.05, 3.63) is 46.7 Å². The summed E-state index contributed by atoms with van der Waals surface area (Å²) in [5.41, 5.74) is 1.49. The molecule has 0 atom stereocenters. The number of guanidine groups is 1. The Kier molecular flexibility index (Phi) is 4.03. The van der Waals surface area contributed by atoms with Crippen molar-refractivity contribution in [2.75, 3.05) is 12.4 Å². The molecule has 21 heavy (non-hydrogen) atoms. The van der Waals surface area contributed by atoms with Crippen molar-refractivity contribution < 1.29 is 9.13 Å². The zero-order chi connectivity index (χ0) is 14.8. The van der Waals surface area contributed by atoms with Crippen molar-refractivity contribution in [3.63, 3.8) is 0 Å². The first kappa shape index (κ1) is 14.2. The Morgan fingerprint density at radius 1 is 1.33 bits per heavy atom. The second-order valence-electron chi connectivity index (χ2n) is 4.22. The van der Waals surface area contributed by atoms with Crippen LogP contribution in [0, 0.1) is 5.82 Å². The van der Waals surface area contributed by atoms with Gasteiger partial charge in [0.05, 0.1) is 17.7 Å². The van der Waals surface area contributed by atoms with Gasteiger partial charge in [-0.15, -0.1) is 0 Å². The first-order valence-corrected chi connectivity index (χ1v) is 7.69. The highest BCUT2D eigenvalue weighted by Gasteiger charge is 2.18. The van der Waals surface area contributed by atoms with Gasteiger partial charge in [0.2, 0.25) is 5.96 Å². The van der Waals surface area contributed by atoms with Crippen molar-refractivity contribution in [1.82, 2.24) is 4.72 Å². The third-order valence-corrected chi connectivity index (χ3v) is 4.35. The van der Waals surface area contributed by atoms with Gasteiger partial charge in [-0.05, 0) is 46.1 Å². The molecule has 7 heteroatoms. The maximum Gasteiger partial charge on any atom is 0.211 e. The average Bonchev–Trinajstić information content (AvgIpc) is 2.49. The quantitative estimate of drug-likeness (QED) is 0.776. The summed E-state index contributed by atoms with van der Waals surface area (Å²) < 4.78 is 22.6. The number of methoxy groups -OCH3 is 1. The van der Waals surface area contributed by atoms with Crippen LogP contribution in [0.5, 0.6) is 5.75 Å². The predicted octanol–water partition coefficient (Wildman–Crippen LogP) is 4.31. The van der Waals surface area contributed by atoms with Gasteiger partial charge in [-0.1, -0.05) is 12.1 Å². The standard InChI is InChI=1S/C14H11BrFN3OS/c1-20-11-6-8(16)7-12-13(11)18-14(19-21-12)17-10-5-3-2-4-9(10)15/h2-7H,1H3,(H2,17,18,19). The molecule has 108 valence electrons. The molecule has 0 saturated carbocycles. The minimum absolute atomic E-state index is 0.350. The second-order valence-corrected chi connectivity index (χ2v) is 5.93. The Bertz CT molecular complexity index is 723. The lowest BCUT2D eigenvalue weighted by Gasteiger charge is -2.19. The van der Waals surface area contributed by atoms with Gasteiger partial charge in [0.1, 0.15) is 17.3 Å². The summed E-state index contributed by atoms with van der Waals surface area (Å²) in [6.07, 6.45) is 0. The molecule has 1 aliphatic rings. The Labute approximate surface area is 134 Å². The van der Waals surface area contributed by atoms with Gasteiger partial charge in [-0.2, -0.15) is 0 Å². The van der Waals surface area contributed by atoms with E-state index >= 15 is 0 Å². The smallest absolute Gasteiger partial charge is 0.211 e. The number of nitrogens with one attached hydrogen (secondary N) is 2. The van der Waals surface area contributed by atoms with Crippen molar-refractivity contribution in [1.29, 1.82) is 0 Å². The van der Waals surface area contributed by atoms with E-state index in [-0.39, 0.29) is 5.82 Å². The SMILES string of the molecule is COc1cc(F)cc2c1N=C(Nc1ccccc1Br)NS2. The van der Waals surface area contributed by atoms with Crippen LogP contribution in [0.25, 0.3) is 0 Å². The molecule has 2 N–H and O–H groups in total. The third-order valence-electron chi connectivity index (χ3n) is 2.83. The summed E-state index contributed by atoms with van der Waals surface area (Å²) in [6.45, 7) is 0. The summed E-state index contributed by atoms with van der Waals surface area (Å²) in [5.74, 6) is 0.618. The summed E-state index contributed by atoms with van der Waals surface area (Å²) in [7, 11) is 1.50. The molecular weight excluding hydrogens is 357 g/mol. The van der Waals surface area contributed by atoms with Crippen LogP contribution in [0.1, 0.15) is 0 Å². The predicted molar refractivity (Wildman–Crippen MR) is 86.8 cm³/mol. The Morgan fingerprint density at radius 3 is 2.90 bits per heavy atom. The number of anilines is 1. The molecule has 1 heterocycles. The molecule has 0 amide bonds. The fourth-order valence-electron chi connectivity index (χ4n) is 1.88. The minimum atomic E-state index is -0.350. The fraction of sp³-hybridized carbons (Fsp3) is 0.0714. The minimum Gasteiger partial charge on any atom is -0.494 e. The highest BCUT2D eigenvalue weighted by Crippen LogP contribution is 2.40. The first-order chi connectivity index (χ1) is 10.2. The number of halogens is 2. The molecule has 0 bridgehead atoms. The number of nitrogens with zero attached hydrogens (tertiary/aromatic N) is 1. The van der Waals surface area contributed by atoms with E-state index in [0.717, 1.165) is 10.2 Å². The van der Waals surface area contributed by atoms with E-state index in [0.29, 0.717) is 22.3 Å². The molecule has 0 aromatic heterocycles. The normalized spacial score (nSPS) is 13.0. The summed E-state index contributed by atoms with van der Waals surface area (Å²) >= 11 is 4.75. The molecule has 3 rings (SSSR count). The summed E-state index contributed by atoms with van der Waals surface area (Å²) in [4.78, 5) is 5.14. The van der Waals surface area contributed by atoms with Gasteiger partial charge < -0.3 is 10.1 Å². The second kappa shape index (κ2) is 5.95. The van der Waals surface area contributed by atoms with E-state index in [1.54, 1.807) is 0 Å². The number of benzene rings is 2. The number of fused-ring (bicyclic) bond motifs is 1. The molecule has 0 saturated heterocycles. The Hall–Kier alpha value is -1.73. The number of hydrogen-bond donors (Lipinski definition) is 2. The topological polar surface area (TPSA) is 45.6 Å². The Morgan fingerprint density at radius 2 is 2.14 bits per heavy atom. The molecule has 2 aromatic rings. The van der Waals surface area contributed by atoms with Crippen LogP contribution < -0.4 is 14.8 Å². The lowest BCUT2D eigenvalue weighted by Crippen LogP contribution is -2.27. The number of ether oxygens (including phenoxy) is 1. The van der Waals surface area contributed by atoms with Crippen LogP contribution in [0.2, 0.25) is 0 Å². The van der Waals surface area contributed by atoms with E-state index in [4.69, 9.17) is 4.74 Å². The molecule has 4 nitrogen and oxygen atoms in total. The maximum absolute atomic E-state index is 13.4. The third kappa shape index (κ3) is 2.98. The van der Waals surface area contributed by atoms with Gasteiger partial charge >= 0.3 is 0 Å². The largest absolute Gasteiger partial charge is 0.494 e. The highest BCUT2D eigenvalue weighted by molar-refractivity contribution is 9.10. The zero-order valence-electron chi connectivity index (χ0n) is 11.0. The number of para-hydroxylation sites is 1. The van der Waals surface area contributed by atoms with Crippen molar-refractivity contribution >= 4 is 45.2 Å². The van der Waals surface area contributed by atoms with Crippen molar-refractivity contribution in [3.8, 4) is 5.75 Å². The fourth-order valence-corrected chi connectivity index (χ4v) is 2.98. The lowest BCUT2D eigenvalue weighted by molar-refractivity contribution is 0.411. The number of aliphatic imine (C=N–C) groups is 1. The van der Waals surface area contributed by atoms with Crippen molar-refractivity contribution in [2.45, 2.75) is 4.90 Å². The first-order valence-electron chi connectivity index (χ1n) is 6.08. The molecule has 0 unspecified atom stereocenters. The summed E-state index contributed by atoms with van der Waals surface area (Å²) in [6, 6.07) is 10.5. The van der Waals surface area contributed by atoms with Gasteiger partial charge in [0.25, 0.3) is 0 Å². The van der Waals surface area contributed by atoms with Crippen LogP contribution in [-0.2, 0) is 0 Å². The van der Waals surface area contributed by atoms with Crippen LogP contribution in [0.3, 0.4) is 0 Å². The van der Waals surface area contributed by atoms with Gasteiger partial charge in [-0.3, -0.25) is 4.72 Å². The van der Waals surface area contributed by atoms with Gasteiger partial charge in [0.15, 0.2) is 0 Å². The van der Waals surface area contributed by atoms with Crippen LogP contribution in [0.15, 0.2) is 50.8 Å². The maximum atomic E-state index is 13.4. The van der Waals surface area contributed by atoms with Gasteiger partial charge in [0, 0.05) is 10.5 Å². The van der Waals surface area contributed by atoms with E-state index in [9.17, 15) is 4.39 Å². The van der Waals surface area contributed by atoms with Crippen molar-refractivity contribution in [2.24, 2.45) is 4.99 Å². The molecular formula is C14H11BrFN3OS. The van der Waals surface area contributed by atoms with E-state index in [1.165, 1.54) is 31.2 Å². The monoisotopic (exact) mass is 367 g/mol. The van der Waals surface area contributed by atoms with E-state index < -0.39 is 0 Å². The van der Waals surface area contributed by atoms with Gasteiger partial charge in [-0.25, -0.2) is 9.38 Å². The zero-order valence-corrected chi connectivity index (χ0v) is 13.4. The number of hydrogen-bond acceptors (Lipinski definition) is 5. The molecule has 0 spiro atoms. The summed E-state index contributed by atoms with van der Waals surface area (Å²) in [5, 5.41) is 3.18. The van der Waals surface area contributed by atoms with Crippen LogP contribution >= 0.6 is 27.9 Å². The number of rotatable bonds is 2. The molecule has 0 radical (unpaired) electrons. The van der Waals surface area contributed by atoms with Crippen LogP contribution in [-0.4, -0.2) is 13.1 Å². The molecule has 0 aliphatic carbocycles. The average molecular weight is 368 g/mol. The lowest BCUT2D eigenvalue weighted by atomic mass is 10.3. The molecule has 0 fully saturated rings.